The quantitative estimate of drug-likeness (QED) is 0.331. The number of ether oxygens (including phenoxy) is 1. The molecule has 0 radical (unpaired) electrons. The van der Waals surface area contributed by atoms with E-state index in [1.165, 1.54) is 18.2 Å². The number of amides is 1. The van der Waals surface area contributed by atoms with Gasteiger partial charge in [-0.1, -0.05) is 23.5 Å². The first-order chi connectivity index (χ1) is 20.2. The molecule has 4 heterocycles. The molecule has 0 saturated carbocycles. The van der Waals surface area contributed by atoms with E-state index < -0.39 is 12.3 Å². The summed E-state index contributed by atoms with van der Waals surface area (Å²) < 4.78 is 41.0. The maximum Gasteiger partial charge on any atom is 0.573 e. The highest BCUT2D eigenvalue weighted by molar-refractivity contribution is 7.15. The van der Waals surface area contributed by atoms with Gasteiger partial charge >= 0.3 is 6.36 Å². The van der Waals surface area contributed by atoms with Crippen LogP contribution in [0.1, 0.15) is 35.8 Å². The summed E-state index contributed by atoms with van der Waals surface area (Å²) in [5.74, 6) is 0.399. The van der Waals surface area contributed by atoms with Crippen LogP contribution in [0.25, 0.3) is 0 Å². The molecule has 1 amide bonds. The third kappa shape index (κ3) is 9.29. The minimum Gasteiger partial charge on any atom is -0.406 e. The SMILES string of the molecule is CNc1nnc(C2CCCN(c3ccc(NC(=O)Cc4cccc(OC(F)(F)F)c4)nn3)C2)s1.O=CCC1=CCN=N1. The van der Waals surface area contributed by atoms with E-state index >= 15 is 0 Å². The Hall–Kier alpha value is -4.47. The molecule has 2 aromatic heterocycles. The molecule has 12 nitrogen and oxygen atoms in total. The van der Waals surface area contributed by atoms with Gasteiger partial charge in [-0.2, -0.15) is 10.2 Å². The summed E-state index contributed by atoms with van der Waals surface area (Å²) in [7, 11) is 1.81. The second kappa shape index (κ2) is 14.4. The molecule has 1 fully saturated rings. The Morgan fingerprint density at radius 3 is 2.71 bits per heavy atom. The van der Waals surface area contributed by atoms with E-state index in [0.717, 1.165) is 48.1 Å². The highest BCUT2D eigenvalue weighted by Gasteiger charge is 2.31. The predicted octanol–water partition coefficient (Wildman–Crippen LogP) is 4.76. The first-order valence-corrected chi connectivity index (χ1v) is 13.8. The lowest BCUT2D eigenvalue weighted by Crippen LogP contribution is -2.35. The van der Waals surface area contributed by atoms with Crippen LogP contribution in [0.5, 0.6) is 5.75 Å². The zero-order chi connectivity index (χ0) is 30.0. The molecule has 5 rings (SSSR count). The Balaban J connectivity index is 0.000000437. The van der Waals surface area contributed by atoms with Crippen LogP contribution in [-0.4, -0.2) is 65.6 Å². The van der Waals surface area contributed by atoms with E-state index in [1.807, 2.05) is 13.1 Å². The van der Waals surface area contributed by atoms with E-state index in [0.29, 0.717) is 24.3 Å². The van der Waals surface area contributed by atoms with E-state index in [1.54, 1.807) is 29.5 Å². The summed E-state index contributed by atoms with van der Waals surface area (Å²) in [6.07, 6.45) is 0.151. The number of aromatic nitrogens is 4. The summed E-state index contributed by atoms with van der Waals surface area (Å²) in [5, 5.41) is 31.4. The minimum atomic E-state index is -4.79. The van der Waals surface area contributed by atoms with Crippen LogP contribution in [0.3, 0.4) is 0 Å². The van der Waals surface area contributed by atoms with Gasteiger partial charge < -0.3 is 25.1 Å². The predicted molar refractivity (Wildman–Crippen MR) is 150 cm³/mol. The number of carbonyl (C=O) groups excluding carboxylic acids is 2. The van der Waals surface area contributed by atoms with Crippen LogP contribution in [0.2, 0.25) is 0 Å². The number of anilines is 3. The van der Waals surface area contributed by atoms with Crippen molar-refractivity contribution in [2.75, 3.05) is 42.2 Å². The zero-order valence-corrected chi connectivity index (χ0v) is 23.4. The molecule has 1 saturated heterocycles. The van der Waals surface area contributed by atoms with Gasteiger partial charge in [0, 0.05) is 32.5 Å². The van der Waals surface area contributed by atoms with E-state index in [4.69, 9.17) is 0 Å². The smallest absolute Gasteiger partial charge is 0.406 e. The Labute approximate surface area is 243 Å². The van der Waals surface area contributed by atoms with Crippen molar-refractivity contribution < 1.29 is 27.5 Å². The number of hydrogen-bond acceptors (Lipinski definition) is 12. The molecular formula is C26H28F3N9O3S. The lowest BCUT2D eigenvalue weighted by atomic mass is 9.99. The molecule has 1 atom stereocenters. The number of aldehydes is 1. The van der Waals surface area contributed by atoms with Crippen molar-refractivity contribution in [3.05, 3.63) is 58.7 Å². The van der Waals surface area contributed by atoms with Crippen LogP contribution in [-0.2, 0) is 16.0 Å². The Bertz CT molecular complexity index is 1410. The number of piperidine rings is 1. The number of nitrogens with zero attached hydrogens (tertiary/aromatic N) is 7. The Morgan fingerprint density at radius 2 is 2.05 bits per heavy atom. The van der Waals surface area contributed by atoms with Crippen molar-refractivity contribution in [2.45, 2.75) is 38.0 Å². The Morgan fingerprint density at radius 1 is 1.19 bits per heavy atom. The van der Waals surface area contributed by atoms with Gasteiger partial charge in [0.1, 0.15) is 17.0 Å². The summed E-state index contributed by atoms with van der Waals surface area (Å²) in [5.41, 5.74) is 1.17. The number of azo groups is 1. The first-order valence-electron chi connectivity index (χ1n) is 13.0. The Kier molecular flexibility index (Phi) is 10.5. The maximum atomic E-state index is 12.4. The fourth-order valence-electron chi connectivity index (χ4n) is 4.20. The number of hydrogen-bond donors (Lipinski definition) is 2. The van der Waals surface area contributed by atoms with Crippen LogP contribution in [0, 0.1) is 0 Å². The third-order valence-electron chi connectivity index (χ3n) is 6.06. The van der Waals surface area contributed by atoms with Gasteiger partial charge in [0.15, 0.2) is 11.6 Å². The maximum absolute atomic E-state index is 12.4. The summed E-state index contributed by atoms with van der Waals surface area (Å²) in [6.45, 7) is 2.23. The molecule has 1 aromatic carbocycles. The second-order valence-electron chi connectivity index (χ2n) is 9.17. The summed E-state index contributed by atoms with van der Waals surface area (Å²) in [4.78, 5) is 24.3. The summed E-state index contributed by atoms with van der Waals surface area (Å²) in [6, 6.07) is 8.72. The number of rotatable bonds is 9. The molecule has 222 valence electrons. The number of nitrogens with one attached hydrogen (secondary N) is 2. The fourth-order valence-corrected chi connectivity index (χ4v) is 5.02. The molecule has 3 aromatic rings. The molecule has 0 bridgehead atoms. The molecule has 0 aliphatic carbocycles. The van der Waals surface area contributed by atoms with Gasteiger partial charge in [-0.3, -0.25) is 4.79 Å². The number of carbonyl (C=O) groups is 2. The molecule has 42 heavy (non-hydrogen) atoms. The highest BCUT2D eigenvalue weighted by atomic mass is 32.1. The molecule has 1 unspecified atom stereocenters. The van der Waals surface area contributed by atoms with Crippen molar-refractivity contribution in [1.82, 2.24) is 20.4 Å². The normalized spacial score (nSPS) is 16.2. The number of alkyl halides is 3. The lowest BCUT2D eigenvalue weighted by molar-refractivity contribution is -0.274. The van der Waals surface area contributed by atoms with Gasteiger partial charge in [0.05, 0.1) is 18.7 Å². The number of allylic oxidation sites excluding steroid dienone is 1. The first kappa shape index (κ1) is 30.5. The van der Waals surface area contributed by atoms with Crippen molar-refractivity contribution in [2.24, 2.45) is 10.2 Å². The van der Waals surface area contributed by atoms with Crippen LogP contribution < -0.4 is 20.3 Å². The molecule has 2 aliphatic heterocycles. The molecular weight excluding hydrogens is 575 g/mol. The topological polar surface area (TPSA) is 147 Å². The summed E-state index contributed by atoms with van der Waals surface area (Å²) >= 11 is 1.54. The lowest BCUT2D eigenvalue weighted by Gasteiger charge is -2.32. The highest BCUT2D eigenvalue weighted by Crippen LogP contribution is 2.32. The van der Waals surface area contributed by atoms with Gasteiger partial charge in [0.25, 0.3) is 0 Å². The molecule has 2 N–H and O–H groups in total. The second-order valence-corrected chi connectivity index (χ2v) is 10.2. The van der Waals surface area contributed by atoms with Crippen molar-refractivity contribution in [1.29, 1.82) is 0 Å². The van der Waals surface area contributed by atoms with E-state index in [9.17, 15) is 22.8 Å². The average molecular weight is 604 g/mol. The zero-order valence-electron chi connectivity index (χ0n) is 22.5. The van der Waals surface area contributed by atoms with Crippen molar-refractivity contribution in [3.63, 3.8) is 0 Å². The van der Waals surface area contributed by atoms with Gasteiger partial charge in [-0.15, -0.1) is 33.6 Å². The van der Waals surface area contributed by atoms with E-state index in [-0.39, 0.29) is 23.9 Å². The van der Waals surface area contributed by atoms with Crippen LogP contribution >= 0.6 is 11.3 Å². The minimum absolute atomic E-state index is 0.136. The van der Waals surface area contributed by atoms with Gasteiger partial charge in [-0.25, -0.2) is 0 Å². The standard InChI is InChI=1S/C21H22F3N7O2S.C5H6N2O/c1-25-20-30-29-19(34-20)14-5-3-9-31(12-14)17-8-7-16(27-28-17)26-18(32)11-13-4-2-6-15(10-13)33-21(22,23)24;8-4-2-5-1-3-6-7-5/h2,4,6-8,10,14H,3,5,9,11-12H2,1H3,(H,25,30)(H,26,27,32);1,4H,2-3H2. The van der Waals surface area contributed by atoms with Crippen LogP contribution in [0.15, 0.2) is 58.4 Å². The van der Waals surface area contributed by atoms with Gasteiger partial charge in [0.2, 0.25) is 11.0 Å². The van der Waals surface area contributed by atoms with Crippen molar-refractivity contribution >= 4 is 40.3 Å². The monoisotopic (exact) mass is 603 g/mol. The molecule has 16 heteroatoms. The van der Waals surface area contributed by atoms with Crippen LogP contribution in [0.4, 0.5) is 29.9 Å². The van der Waals surface area contributed by atoms with Crippen molar-refractivity contribution in [3.8, 4) is 5.75 Å². The third-order valence-corrected chi connectivity index (χ3v) is 7.17. The largest absolute Gasteiger partial charge is 0.573 e. The van der Waals surface area contributed by atoms with Gasteiger partial charge in [-0.05, 0) is 48.7 Å². The number of halogens is 3. The molecule has 0 spiro atoms. The fraction of sp³-hybridized carbons (Fsp3) is 0.385. The van der Waals surface area contributed by atoms with E-state index in [2.05, 4.69) is 50.9 Å². The number of benzene rings is 1. The molecule has 2 aliphatic rings. The average Bonchev–Trinajstić information content (AvgIpc) is 3.66.